The highest BCUT2D eigenvalue weighted by Crippen LogP contribution is 2.51. The van der Waals surface area contributed by atoms with Crippen LogP contribution in [0.2, 0.25) is 5.02 Å². The molecule has 0 aliphatic carbocycles. The lowest BCUT2D eigenvalue weighted by Crippen LogP contribution is -3.00. The maximum absolute atomic E-state index is 13.4. The summed E-state index contributed by atoms with van der Waals surface area (Å²) in [4.78, 5) is 41.0. The summed E-state index contributed by atoms with van der Waals surface area (Å²) in [5, 5.41) is 15.2. The maximum atomic E-state index is 13.4. The Bertz CT molecular complexity index is 857. The molecule has 8 heteroatoms. The number of likely N-dealkylation sites (tertiary alicyclic amines) is 1. The Morgan fingerprint density at radius 3 is 2.63 bits per heavy atom. The summed E-state index contributed by atoms with van der Waals surface area (Å²) >= 11 is 6.26. The van der Waals surface area contributed by atoms with Crippen molar-refractivity contribution >= 4 is 35.0 Å². The zero-order chi connectivity index (χ0) is 19.7. The van der Waals surface area contributed by atoms with Gasteiger partial charge < -0.3 is 15.7 Å². The maximum Gasteiger partial charge on any atom is 0.291 e. The predicted octanol–water partition coefficient (Wildman–Crippen LogP) is 0.214. The number of para-hydroxylation sites is 1. The molecule has 3 aliphatic heterocycles. The van der Waals surface area contributed by atoms with E-state index in [1.165, 1.54) is 4.90 Å². The minimum atomic E-state index is -1.29. The molecule has 1 aromatic carbocycles. The molecule has 7 nitrogen and oxygen atoms in total. The molecular formula is C19H23ClN3O4+. The number of nitrogens with one attached hydrogen (secondary N) is 1. The second kappa shape index (κ2) is 6.02. The van der Waals surface area contributed by atoms with Crippen LogP contribution in [0.4, 0.5) is 5.69 Å². The van der Waals surface area contributed by atoms with Gasteiger partial charge in [0.2, 0.25) is 17.4 Å². The van der Waals surface area contributed by atoms with E-state index in [0.29, 0.717) is 22.7 Å². The lowest BCUT2D eigenvalue weighted by atomic mass is 9.76. The minimum absolute atomic E-state index is 0.259. The van der Waals surface area contributed by atoms with Crippen molar-refractivity contribution in [3.05, 3.63) is 28.8 Å². The molecule has 2 saturated heterocycles. The fourth-order valence-corrected chi connectivity index (χ4v) is 5.18. The Morgan fingerprint density at radius 2 is 2.00 bits per heavy atom. The van der Waals surface area contributed by atoms with Crippen molar-refractivity contribution in [2.24, 2.45) is 11.8 Å². The SMILES string of the molecule is CC[C@@H](C)N1C(=O)[C@@H]2[C@@H]([C@@H](C)O)[NH2+][C@]3(C(=O)Nc4c(Cl)cccc43)[C@@H]2C1=O. The molecule has 27 heavy (non-hydrogen) atoms. The van der Waals surface area contributed by atoms with Gasteiger partial charge in [-0.2, -0.15) is 0 Å². The second-order valence-electron chi connectivity index (χ2n) is 7.78. The van der Waals surface area contributed by atoms with Crippen LogP contribution in [0.15, 0.2) is 18.2 Å². The number of carbonyl (C=O) groups is 3. The Labute approximate surface area is 162 Å². The van der Waals surface area contributed by atoms with Gasteiger partial charge in [0.05, 0.1) is 10.7 Å². The van der Waals surface area contributed by atoms with Crippen LogP contribution >= 0.6 is 11.6 Å². The highest BCUT2D eigenvalue weighted by Gasteiger charge is 2.75. The molecule has 2 fully saturated rings. The number of quaternary nitrogens is 1. The Balaban J connectivity index is 1.92. The second-order valence-corrected chi connectivity index (χ2v) is 8.18. The molecule has 1 aromatic rings. The normalized spacial score (nSPS) is 34.0. The molecule has 6 atom stereocenters. The Hall–Kier alpha value is -1.96. The molecule has 0 bridgehead atoms. The number of anilines is 1. The summed E-state index contributed by atoms with van der Waals surface area (Å²) in [5.74, 6) is -2.63. The Morgan fingerprint density at radius 1 is 1.30 bits per heavy atom. The lowest BCUT2D eigenvalue weighted by molar-refractivity contribution is -0.738. The molecule has 3 aliphatic rings. The number of hydrogen-bond donors (Lipinski definition) is 3. The van der Waals surface area contributed by atoms with Crippen LogP contribution in [0.25, 0.3) is 0 Å². The molecule has 4 rings (SSSR count). The molecule has 0 radical (unpaired) electrons. The number of nitrogens with zero attached hydrogens (tertiary/aromatic N) is 1. The zero-order valence-electron chi connectivity index (χ0n) is 15.4. The third kappa shape index (κ3) is 2.19. The fraction of sp³-hybridized carbons (Fsp3) is 0.526. The molecule has 1 spiro atoms. The number of benzene rings is 1. The first kappa shape index (κ1) is 18.4. The van der Waals surface area contributed by atoms with Crippen molar-refractivity contribution < 1.29 is 24.8 Å². The van der Waals surface area contributed by atoms with E-state index >= 15 is 0 Å². The van der Waals surface area contributed by atoms with E-state index < -0.39 is 29.5 Å². The number of halogens is 1. The van der Waals surface area contributed by atoms with Gasteiger partial charge in [0.1, 0.15) is 24.0 Å². The summed E-state index contributed by atoms with van der Waals surface area (Å²) < 4.78 is 0. The monoisotopic (exact) mass is 392 g/mol. The van der Waals surface area contributed by atoms with Crippen LogP contribution in [0.5, 0.6) is 0 Å². The van der Waals surface area contributed by atoms with E-state index in [1.54, 1.807) is 30.4 Å². The number of hydrogen-bond acceptors (Lipinski definition) is 4. The van der Waals surface area contributed by atoms with Gasteiger partial charge in [-0.15, -0.1) is 0 Å². The molecule has 3 amide bonds. The number of rotatable bonds is 3. The summed E-state index contributed by atoms with van der Waals surface area (Å²) in [7, 11) is 0. The summed E-state index contributed by atoms with van der Waals surface area (Å²) in [5.41, 5.74) is -0.209. The average molecular weight is 393 g/mol. The van der Waals surface area contributed by atoms with Crippen LogP contribution < -0.4 is 10.6 Å². The number of amides is 3. The Kier molecular flexibility index (Phi) is 4.10. The van der Waals surface area contributed by atoms with E-state index in [-0.39, 0.29) is 23.8 Å². The fourth-order valence-electron chi connectivity index (χ4n) is 4.96. The lowest BCUT2D eigenvalue weighted by Gasteiger charge is -2.29. The van der Waals surface area contributed by atoms with Gasteiger partial charge in [-0.3, -0.25) is 19.3 Å². The first-order valence-corrected chi connectivity index (χ1v) is 9.65. The van der Waals surface area contributed by atoms with Crippen LogP contribution in [-0.4, -0.2) is 45.9 Å². The van der Waals surface area contributed by atoms with E-state index in [2.05, 4.69) is 5.32 Å². The van der Waals surface area contributed by atoms with E-state index in [0.717, 1.165) is 0 Å². The topological polar surface area (TPSA) is 103 Å². The van der Waals surface area contributed by atoms with E-state index in [9.17, 15) is 19.5 Å². The molecule has 4 N–H and O–H groups in total. The first-order valence-electron chi connectivity index (χ1n) is 9.27. The molecule has 0 aromatic heterocycles. The van der Waals surface area contributed by atoms with Gasteiger partial charge in [0.15, 0.2) is 0 Å². The number of fused-ring (bicyclic) bond motifs is 4. The van der Waals surface area contributed by atoms with Gasteiger partial charge in [-0.05, 0) is 32.4 Å². The molecule has 3 heterocycles. The molecular weight excluding hydrogens is 370 g/mol. The molecule has 0 saturated carbocycles. The molecule has 0 unspecified atom stereocenters. The summed E-state index contributed by atoms with van der Waals surface area (Å²) in [6.07, 6.45) is -0.233. The van der Waals surface area contributed by atoms with Gasteiger partial charge >= 0.3 is 0 Å². The smallest absolute Gasteiger partial charge is 0.291 e. The number of imide groups is 1. The van der Waals surface area contributed by atoms with Crippen molar-refractivity contribution in [2.45, 2.75) is 50.9 Å². The average Bonchev–Trinajstić information content (AvgIpc) is 3.21. The first-order chi connectivity index (χ1) is 12.8. The summed E-state index contributed by atoms with van der Waals surface area (Å²) in [6.45, 7) is 5.32. The quantitative estimate of drug-likeness (QED) is 0.640. The van der Waals surface area contributed by atoms with Crippen molar-refractivity contribution in [2.75, 3.05) is 5.32 Å². The van der Waals surface area contributed by atoms with Gasteiger partial charge in [-0.1, -0.05) is 24.6 Å². The van der Waals surface area contributed by atoms with Crippen molar-refractivity contribution in [1.29, 1.82) is 0 Å². The number of carbonyl (C=O) groups excluding carboxylic acids is 3. The van der Waals surface area contributed by atoms with Crippen molar-refractivity contribution in [3.63, 3.8) is 0 Å². The van der Waals surface area contributed by atoms with Crippen molar-refractivity contribution in [3.8, 4) is 0 Å². The van der Waals surface area contributed by atoms with Crippen LogP contribution in [-0.2, 0) is 19.9 Å². The van der Waals surface area contributed by atoms with Crippen molar-refractivity contribution in [1.82, 2.24) is 4.90 Å². The van der Waals surface area contributed by atoms with E-state index in [4.69, 9.17) is 11.6 Å². The number of nitrogens with two attached hydrogens (primary N) is 1. The summed E-state index contributed by atoms with van der Waals surface area (Å²) in [6, 6.07) is 4.32. The predicted molar refractivity (Wildman–Crippen MR) is 97.7 cm³/mol. The zero-order valence-corrected chi connectivity index (χ0v) is 16.2. The van der Waals surface area contributed by atoms with Crippen LogP contribution in [0.3, 0.4) is 0 Å². The largest absolute Gasteiger partial charge is 0.387 e. The third-order valence-electron chi connectivity index (χ3n) is 6.41. The minimum Gasteiger partial charge on any atom is -0.387 e. The van der Waals surface area contributed by atoms with Gasteiger partial charge in [0.25, 0.3) is 5.91 Å². The van der Waals surface area contributed by atoms with Gasteiger partial charge in [0, 0.05) is 11.6 Å². The number of aliphatic hydroxyl groups excluding tert-OH is 1. The number of aliphatic hydroxyl groups is 1. The highest BCUT2D eigenvalue weighted by molar-refractivity contribution is 6.35. The molecule has 144 valence electrons. The van der Waals surface area contributed by atoms with Gasteiger partial charge in [-0.25, -0.2) is 0 Å². The third-order valence-corrected chi connectivity index (χ3v) is 6.72. The van der Waals surface area contributed by atoms with Crippen LogP contribution in [0.1, 0.15) is 32.8 Å². The highest BCUT2D eigenvalue weighted by atomic mass is 35.5. The van der Waals surface area contributed by atoms with E-state index in [1.807, 2.05) is 13.8 Å². The standard InChI is InChI=1S/C19H22ClN3O4/c1-4-8(2)23-16(25)12-13(17(23)26)19(22-14(12)9(3)24)10-6-5-7-11(20)15(10)21-18(19)27/h5-9,12-14,22,24H,4H2,1-3H3,(H,21,27)/p+1/t8-,9-,12+,13+,14-,19+/m1/s1. The van der Waals surface area contributed by atoms with Crippen LogP contribution in [0, 0.1) is 11.8 Å².